The molecule has 50 heavy (non-hydrogen) atoms. The van der Waals surface area contributed by atoms with Crippen LogP contribution in [-0.4, -0.2) is 3.21 Å². The predicted octanol–water partition coefficient (Wildman–Crippen LogP) is 7.13. The van der Waals surface area contributed by atoms with Crippen molar-refractivity contribution in [1.82, 2.24) is 0 Å². The fraction of sp³-hybridized carbons (Fsp3) is 0.356. The first-order chi connectivity index (χ1) is 22.4. The molecule has 2 aliphatic carbocycles. The Morgan fingerprint density at radius 1 is 0.720 bits per heavy atom. The largest absolute Gasteiger partial charge is 1.00 e. The predicted molar refractivity (Wildman–Crippen MR) is 206 cm³/mol. The van der Waals surface area contributed by atoms with Crippen LogP contribution in [0.4, 0.5) is 0 Å². The van der Waals surface area contributed by atoms with Crippen molar-refractivity contribution in [2.75, 3.05) is 0 Å². The van der Waals surface area contributed by atoms with E-state index in [-0.39, 0.29) is 35.6 Å². The molecule has 4 aromatic carbocycles. The van der Waals surface area contributed by atoms with E-state index in [4.69, 9.17) is 23.2 Å². The average Bonchev–Trinajstić information content (AvgIpc) is 3.65. The van der Waals surface area contributed by atoms with Gasteiger partial charge in [0.2, 0.25) is 0 Å². The summed E-state index contributed by atoms with van der Waals surface area (Å²) in [6, 6.07) is 31.0. The van der Waals surface area contributed by atoms with E-state index in [1.807, 2.05) is 36.4 Å². The Balaban J connectivity index is 0.000000268. The van der Waals surface area contributed by atoms with Crippen molar-refractivity contribution in [3.05, 3.63) is 152 Å². The molecule has 0 radical (unpaired) electrons. The van der Waals surface area contributed by atoms with E-state index in [1.165, 1.54) is 72.8 Å². The van der Waals surface area contributed by atoms with Crippen LogP contribution < -0.4 is 24.8 Å². The first-order valence-corrected chi connectivity index (χ1v) is 19.0. The molecule has 0 bridgehead atoms. The van der Waals surface area contributed by atoms with Gasteiger partial charge in [-0.3, -0.25) is 6.08 Å². The van der Waals surface area contributed by atoms with E-state index in [1.54, 1.807) is 0 Å². The van der Waals surface area contributed by atoms with Crippen LogP contribution in [0.25, 0.3) is 11.1 Å². The number of halogens is 4. The molecule has 1 atom stereocenters. The van der Waals surface area contributed by atoms with E-state index in [0.29, 0.717) is 11.3 Å². The minimum Gasteiger partial charge on any atom is -1.00 e. The molecule has 0 N–H and O–H groups in total. The summed E-state index contributed by atoms with van der Waals surface area (Å²) in [5.74, 6) is 0.573. The molecule has 0 nitrogen and oxygen atoms in total. The van der Waals surface area contributed by atoms with Crippen LogP contribution >= 0.6 is 23.2 Å². The van der Waals surface area contributed by atoms with Gasteiger partial charge >= 0.3 is 120 Å². The van der Waals surface area contributed by atoms with Crippen molar-refractivity contribution in [2.45, 2.75) is 92.9 Å². The molecule has 264 valence electrons. The minimum absolute atomic E-state index is 0. The maximum Gasteiger partial charge on any atom is -1.00 e. The van der Waals surface area contributed by atoms with Crippen molar-refractivity contribution in [2.24, 2.45) is 11.3 Å². The third-order valence-electron chi connectivity index (χ3n) is 8.83. The smallest absolute Gasteiger partial charge is 1.00 e. The van der Waals surface area contributed by atoms with Gasteiger partial charge in [0.1, 0.15) is 0 Å². The molecule has 0 spiro atoms. The standard InChI is InChI=1S/C21H25.C13H8Cl2.C11H17.2ClH.Zr/c1-20(2,3)16-7-9-18-14(12-16)11-15-13-17(21(4,5)6)8-10-19(15)18;14-12-5-1-3-10(8-12)7-11-4-2-6-13(15)9-11;1-5-9-6-7-10(8-9)11(2,3)4;;;/h7-10,12H,11H2,1-6H3;1-6,8-9H;7-9H,5H2,1-4H3;2*1H;/q-1;;-1;;;+2/p-2. The van der Waals surface area contributed by atoms with Gasteiger partial charge in [0, 0.05) is 0 Å². The summed E-state index contributed by atoms with van der Waals surface area (Å²) in [5, 5.41) is 1.53. The Bertz CT molecular complexity index is 1720. The van der Waals surface area contributed by atoms with Gasteiger partial charge in [0.15, 0.2) is 0 Å². The quantitative estimate of drug-likeness (QED) is 0.170. The van der Waals surface area contributed by atoms with Gasteiger partial charge in [0.05, 0.1) is 0 Å². The molecule has 0 saturated heterocycles. The maximum absolute atomic E-state index is 5.98. The fourth-order valence-electron chi connectivity index (χ4n) is 5.69. The third kappa shape index (κ3) is 11.9. The van der Waals surface area contributed by atoms with E-state index in [9.17, 15) is 0 Å². The Morgan fingerprint density at radius 3 is 1.72 bits per heavy atom. The second kappa shape index (κ2) is 18.3. The van der Waals surface area contributed by atoms with E-state index in [0.717, 1.165) is 27.6 Å². The topological polar surface area (TPSA) is 0 Å². The van der Waals surface area contributed by atoms with Crippen LogP contribution in [0.5, 0.6) is 0 Å². The van der Waals surface area contributed by atoms with Crippen molar-refractivity contribution < 1.29 is 49.0 Å². The van der Waals surface area contributed by atoms with Crippen molar-refractivity contribution in [3.63, 3.8) is 0 Å². The maximum atomic E-state index is 5.98. The minimum atomic E-state index is 0. The van der Waals surface area contributed by atoms with Crippen LogP contribution in [0.15, 0.2) is 96.6 Å². The average molecular weight is 824 g/mol. The van der Waals surface area contributed by atoms with Crippen LogP contribution in [0.3, 0.4) is 0 Å². The Morgan fingerprint density at radius 2 is 1.28 bits per heavy atom. The number of rotatable bonds is 3. The molecule has 0 amide bonds. The van der Waals surface area contributed by atoms with Gasteiger partial charge in [-0.1, -0.05) is 111 Å². The monoisotopic (exact) mass is 820 g/mol. The zero-order chi connectivity index (χ0) is 35.4. The Labute approximate surface area is 340 Å². The van der Waals surface area contributed by atoms with Gasteiger partial charge in [-0.25, -0.2) is 6.08 Å². The van der Waals surface area contributed by atoms with Crippen LogP contribution in [0.1, 0.15) is 109 Å². The van der Waals surface area contributed by atoms with Gasteiger partial charge in [0.25, 0.3) is 0 Å². The summed E-state index contributed by atoms with van der Waals surface area (Å²) in [6.45, 7) is 22.5. The number of fused-ring (bicyclic) bond motifs is 3. The molecule has 6 rings (SSSR count). The summed E-state index contributed by atoms with van der Waals surface area (Å²) in [5.41, 5.74) is 12.8. The van der Waals surface area contributed by atoms with Gasteiger partial charge in [-0.05, 0) is 28.4 Å². The van der Waals surface area contributed by atoms with Crippen LogP contribution in [0, 0.1) is 23.5 Å². The van der Waals surface area contributed by atoms with E-state index < -0.39 is 0 Å². The molecule has 0 fully saturated rings. The molecule has 2 aliphatic rings. The van der Waals surface area contributed by atoms with Crippen LogP contribution in [0.2, 0.25) is 10.0 Å². The van der Waals surface area contributed by atoms with Crippen molar-refractivity contribution >= 4 is 26.4 Å². The van der Waals surface area contributed by atoms with Gasteiger partial charge in [-0.15, -0.1) is 11.1 Å². The molecule has 0 aromatic heterocycles. The Kier molecular flexibility index (Phi) is 16.3. The Hall–Kier alpha value is -1.73. The first kappa shape index (κ1) is 44.4. The molecular formula is C45H50Cl4Zr-2. The van der Waals surface area contributed by atoms with Crippen LogP contribution in [-0.2, 0) is 41.5 Å². The molecule has 5 heteroatoms. The molecule has 1 unspecified atom stereocenters. The number of hydrogen-bond donors (Lipinski definition) is 0. The zero-order valence-corrected chi connectivity index (χ0v) is 36.6. The number of benzene rings is 4. The molecule has 0 saturated carbocycles. The van der Waals surface area contributed by atoms with Crippen molar-refractivity contribution in [3.8, 4) is 11.1 Å². The summed E-state index contributed by atoms with van der Waals surface area (Å²) in [7, 11) is 0. The second-order valence-electron chi connectivity index (χ2n) is 15.9. The summed E-state index contributed by atoms with van der Waals surface area (Å²) >= 11 is 13.3. The summed E-state index contributed by atoms with van der Waals surface area (Å²) in [4.78, 5) is 0. The van der Waals surface area contributed by atoms with E-state index in [2.05, 4.69) is 136 Å². The van der Waals surface area contributed by atoms with Gasteiger partial charge in [-0.2, -0.15) is 35.4 Å². The number of hydrogen-bond acceptors (Lipinski definition) is 0. The van der Waals surface area contributed by atoms with Gasteiger partial charge < -0.3 is 24.8 Å². The summed E-state index contributed by atoms with van der Waals surface area (Å²) in [6.07, 6.45) is 10.0. The molecule has 4 aromatic rings. The fourth-order valence-corrected chi connectivity index (χ4v) is 6.84. The zero-order valence-electron chi connectivity index (χ0n) is 31.2. The first-order valence-electron chi connectivity index (χ1n) is 17.0. The molecule has 0 aliphatic heterocycles. The summed E-state index contributed by atoms with van der Waals surface area (Å²) < 4.78 is 1.26. The SMILES string of the molecule is CC(C)(C)c1[c-]c2c(cc1)-c1ccc(C(C)(C)C)cc1C2.CCC1[C-]=CC(C(C)(C)C)=C1.Clc1cccc([C](=[Zr+2])c2cccc(Cl)c2)c1.[Cl-].[Cl-]. The normalized spacial score (nSPS) is 14.4. The molecular weight excluding hydrogens is 774 g/mol. The number of allylic oxidation sites excluding steroid dienone is 4. The van der Waals surface area contributed by atoms with Crippen molar-refractivity contribution in [1.29, 1.82) is 0 Å². The molecule has 0 heterocycles. The van der Waals surface area contributed by atoms with E-state index >= 15 is 0 Å². The third-order valence-corrected chi connectivity index (χ3v) is 10.7. The second-order valence-corrected chi connectivity index (χ2v) is 18.0.